The van der Waals surface area contributed by atoms with E-state index in [0.29, 0.717) is 11.6 Å². The smallest absolute Gasteiger partial charge is 0.138 e. The second-order valence-electron chi connectivity index (χ2n) is 6.17. The van der Waals surface area contributed by atoms with E-state index in [0.717, 1.165) is 40.1 Å². The fourth-order valence-corrected chi connectivity index (χ4v) is 2.99. The third-order valence-corrected chi connectivity index (χ3v) is 4.45. The van der Waals surface area contributed by atoms with Crippen LogP contribution in [0.15, 0.2) is 61.1 Å². The van der Waals surface area contributed by atoms with Crippen LogP contribution in [0.3, 0.4) is 0 Å². The topological polar surface area (TPSA) is 80.5 Å². The fraction of sp³-hybridized carbons (Fsp3) is 0.0952. The summed E-state index contributed by atoms with van der Waals surface area (Å²) in [6.45, 7) is 2.04. The molecule has 0 fully saturated rings. The lowest BCUT2D eigenvalue weighted by molar-refractivity contribution is 0.628. The maximum absolute atomic E-state index is 13.3. The van der Waals surface area contributed by atoms with Crippen molar-refractivity contribution in [1.29, 1.82) is 0 Å². The van der Waals surface area contributed by atoms with Crippen LogP contribution in [0.1, 0.15) is 12.5 Å². The van der Waals surface area contributed by atoms with Crippen molar-refractivity contribution in [3.8, 4) is 33.9 Å². The van der Waals surface area contributed by atoms with Gasteiger partial charge in [0.1, 0.15) is 17.5 Å². The summed E-state index contributed by atoms with van der Waals surface area (Å²) in [5.41, 5.74) is 11.2. The van der Waals surface area contributed by atoms with Gasteiger partial charge in [-0.3, -0.25) is 4.98 Å². The van der Waals surface area contributed by atoms with E-state index in [-0.39, 0.29) is 5.82 Å². The van der Waals surface area contributed by atoms with Crippen LogP contribution < -0.4 is 5.73 Å². The molecule has 5 nitrogen and oxygen atoms in total. The second kappa shape index (κ2) is 6.99. The lowest BCUT2D eigenvalue weighted by atomic mass is 10.0. The highest BCUT2D eigenvalue weighted by Gasteiger charge is 2.16. The summed E-state index contributed by atoms with van der Waals surface area (Å²) in [5.74, 6) is 0.905. The first kappa shape index (κ1) is 16.9. The number of nitrogens with one attached hydrogen (secondary N) is 1. The number of H-pyrrole nitrogens is 1. The van der Waals surface area contributed by atoms with E-state index in [1.165, 1.54) is 12.1 Å². The highest BCUT2D eigenvalue weighted by atomic mass is 19.1. The van der Waals surface area contributed by atoms with E-state index in [1.807, 2.05) is 25.1 Å². The lowest BCUT2D eigenvalue weighted by Gasteiger charge is -2.06. The van der Waals surface area contributed by atoms with Crippen molar-refractivity contribution in [3.05, 3.63) is 72.4 Å². The number of halogens is 1. The molecule has 0 aliphatic rings. The first-order chi connectivity index (χ1) is 13.2. The van der Waals surface area contributed by atoms with Gasteiger partial charge in [-0.15, -0.1) is 0 Å². The lowest BCUT2D eigenvalue weighted by Crippen LogP contribution is -1.97. The predicted octanol–water partition coefficient (Wildman–Crippen LogP) is 4.48. The summed E-state index contributed by atoms with van der Waals surface area (Å²) in [7, 11) is 0. The maximum Gasteiger partial charge on any atom is 0.138 e. The zero-order valence-electron chi connectivity index (χ0n) is 14.8. The van der Waals surface area contributed by atoms with Crippen molar-refractivity contribution in [2.24, 2.45) is 0 Å². The molecule has 0 spiro atoms. The number of aromatic amines is 1. The van der Waals surface area contributed by atoms with Crippen molar-refractivity contribution >= 4 is 5.82 Å². The first-order valence-corrected chi connectivity index (χ1v) is 8.67. The average Bonchev–Trinajstić information content (AvgIpc) is 3.15. The molecular weight excluding hydrogens is 341 g/mol. The Labute approximate surface area is 156 Å². The molecule has 0 atom stereocenters. The number of pyridine rings is 2. The van der Waals surface area contributed by atoms with Crippen LogP contribution in [0.4, 0.5) is 10.2 Å². The molecule has 0 saturated carbocycles. The number of nitrogen functional groups attached to an aromatic ring is 1. The van der Waals surface area contributed by atoms with Crippen molar-refractivity contribution in [2.75, 3.05) is 5.73 Å². The SMILES string of the molecule is CCc1cc(-c2nc(-c3ccc(F)cc3)[nH]c2-c2ccncc2)cnc1N. The van der Waals surface area contributed by atoms with Crippen LogP contribution in [-0.4, -0.2) is 19.9 Å². The molecule has 4 aromatic rings. The van der Waals surface area contributed by atoms with E-state index in [2.05, 4.69) is 15.0 Å². The Hall–Kier alpha value is -3.54. The predicted molar refractivity (Wildman–Crippen MR) is 104 cm³/mol. The van der Waals surface area contributed by atoms with Crippen molar-refractivity contribution < 1.29 is 4.39 Å². The first-order valence-electron chi connectivity index (χ1n) is 8.67. The molecular formula is C21H18FN5. The number of nitrogens with two attached hydrogens (primary N) is 1. The number of aryl methyl sites for hydroxylation is 1. The van der Waals surface area contributed by atoms with Gasteiger partial charge in [0.05, 0.1) is 11.4 Å². The van der Waals surface area contributed by atoms with Crippen LogP contribution in [-0.2, 0) is 6.42 Å². The number of hydrogen-bond acceptors (Lipinski definition) is 4. The minimum absolute atomic E-state index is 0.282. The molecule has 6 heteroatoms. The summed E-state index contributed by atoms with van der Waals surface area (Å²) in [5, 5.41) is 0. The summed E-state index contributed by atoms with van der Waals surface area (Å²) in [6, 6.07) is 12.1. The monoisotopic (exact) mass is 359 g/mol. The molecule has 1 aromatic carbocycles. The van der Waals surface area contributed by atoms with Crippen LogP contribution in [0.5, 0.6) is 0 Å². The maximum atomic E-state index is 13.3. The molecule has 0 saturated heterocycles. The zero-order chi connectivity index (χ0) is 18.8. The van der Waals surface area contributed by atoms with E-state index in [4.69, 9.17) is 10.7 Å². The van der Waals surface area contributed by atoms with E-state index < -0.39 is 0 Å². The van der Waals surface area contributed by atoms with Gasteiger partial charge in [0.2, 0.25) is 0 Å². The number of rotatable bonds is 4. The third-order valence-electron chi connectivity index (χ3n) is 4.45. The summed E-state index contributed by atoms with van der Waals surface area (Å²) >= 11 is 0. The Morgan fingerprint density at radius 2 is 1.74 bits per heavy atom. The fourth-order valence-electron chi connectivity index (χ4n) is 2.99. The number of anilines is 1. The Morgan fingerprint density at radius 1 is 1.00 bits per heavy atom. The molecule has 4 rings (SSSR count). The third kappa shape index (κ3) is 3.29. The largest absolute Gasteiger partial charge is 0.383 e. The number of imidazole rings is 1. The number of hydrogen-bond donors (Lipinski definition) is 2. The molecule has 0 amide bonds. The number of aromatic nitrogens is 4. The summed E-state index contributed by atoms with van der Waals surface area (Å²) in [6.07, 6.45) is 5.97. The Bertz CT molecular complexity index is 1070. The highest BCUT2D eigenvalue weighted by molar-refractivity contribution is 5.81. The van der Waals surface area contributed by atoms with Crippen molar-refractivity contribution in [3.63, 3.8) is 0 Å². The minimum Gasteiger partial charge on any atom is -0.383 e. The average molecular weight is 359 g/mol. The second-order valence-corrected chi connectivity index (χ2v) is 6.17. The molecule has 3 N–H and O–H groups in total. The molecule has 0 aliphatic carbocycles. The van der Waals surface area contributed by atoms with Crippen LogP contribution in [0.2, 0.25) is 0 Å². The standard InChI is InChI=1S/C21H18FN5/c1-2-13-11-16(12-25-20(13)23)19-18(14-7-9-24-10-8-14)26-21(27-19)15-3-5-17(22)6-4-15/h3-12H,2H2,1H3,(H2,23,25)(H,26,27). The normalized spacial score (nSPS) is 10.9. The molecule has 0 aliphatic heterocycles. The van der Waals surface area contributed by atoms with E-state index in [1.54, 1.807) is 30.7 Å². The quantitative estimate of drug-likeness (QED) is 0.563. The number of benzene rings is 1. The molecule has 3 aromatic heterocycles. The van der Waals surface area contributed by atoms with Gasteiger partial charge in [-0.1, -0.05) is 6.92 Å². The summed E-state index contributed by atoms with van der Waals surface area (Å²) < 4.78 is 13.3. The molecule has 27 heavy (non-hydrogen) atoms. The van der Waals surface area contributed by atoms with Gasteiger partial charge in [0.25, 0.3) is 0 Å². The van der Waals surface area contributed by atoms with E-state index in [9.17, 15) is 4.39 Å². The van der Waals surface area contributed by atoms with Crippen LogP contribution in [0, 0.1) is 5.82 Å². The minimum atomic E-state index is -0.282. The zero-order valence-corrected chi connectivity index (χ0v) is 14.8. The van der Waals surface area contributed by atoms with Gasteiger partial charge in [-0.25, -0.2) is 14.4 Å². The van der Waals surface area contributed by atoms with E-state index >= 15 is 0 Å². The molecule has 3 heterocycles. The molecule has 0 bridgehead atoms. The van der Waals surface area contributed by atoms with Gasteiger partial charge in [-0.05, 0) is 54.4 Å². The van der Waals surface area contributed by atoms with Crippen molar-refractivity contribution in [1.82, 2.24) is 19.9 Å². The van der Waals surface area contributed by atoms with Crippen molar-refractivity contribution in [2.45, 2.75) is 13.3 Å². The Balaban J connectivity index is 1.90. The Morgan fingerprint density at radius 3 is 2.44 bits per heavy atom. The van der Waals surface area contributed by atoms with Gasteiger partial charge < -0.3 is 10.7 Å². The Kier molecular flexibility index (Phi) is 4.38. The molecule has 134 valence electrons. The summed E-state index contributed by atoms with van der Waals surface area (Å²) in [4.78, 5) is 16.5. The van der Waals surface area contributed by atoms with Gasteiger partial charge in [0, 0.05) is 35.3 Å². The van der Waals surface area contributed by atoms with Crippen LogP contribution in [0.25, 0.3) is 33.9 Å². The van der Waals surface area contributed by atoms with Gasteiger partial charge >= 0.3 is 0 Å². The van der Waals surface area contributed by atoms with Gasteiger partial charge in [0.15, 0.2) is 0 Å². The molecule has 0 unspecified atom stereocenters. The number of nitrogens with zero attached hydrogens (tertiary/aromatic N) is 3. The molecule has 0 radical (unpaired) electrons. The highest BCUT2D eigenvalue weighted by Crippen LogP contribution is 2.33. The van der Waals surface area contributed by atoms with Gasteiger partial charge in [-0.2, -0.15) is 0 Å². The van der Waals surface area contributed by atoms with Crippen LogP contribution >= 0.6 is 0 Å².